The van der Waals surface area contributed by atoms with Crippen molar-refractivity contribution in [2.75, 3.05) is 16.7 Å². The number of carbonyl (C=O) groups excluding carboxylic acids is 2. The second-order valence-electron chi connectivity index (χ2n) is 5.93. The van der Waals surface area contributed by atoms with Gasteiger partial charge >= 0.3 is 0 Å². The lowest BCUT2D eigenvalue weighted by molar-refractivity contribution is -0.121. The number of ether oxygens (including phenoxy) is 1. The second kappa shape index (κ2) is 6.80. The van der Waals surface area contributed by atoms with Crippen LogP contribution in [0.15, 0.2) is 47.4 Å². The van der Waals surface area contributed by atoms with Crippen LogP contribution in [0.3, 0.4) is 0 Å². The molecule has 2 amide bonds. The van der Waals surface area contributed by atoms with Gasteiger partial charge in [-0.25, -0.2) is 13.3 Å². The van der Waals surface area contributed by atoms with Crippen molar-refractivity contribution in [3.05, 3.63) is 48.0 Å². The summed E-state index contributed by atoms with van der Waals surface area (Å²) in [5.74, 6) is -0.507. The van der Waals surface area contributed by atoms with E-state index in [0.717, 1.165) is 10.5 Å². The van der Waals surface area contributed by atoms with E-state index in [-0.39, 0.29) is 41.0 Å². The van der Waals surface area contributed by atoms with Crippen molar-refractivity contribution in [1.82, 2.24) is 0 Å². The van der Waals surface area contributed by atoms with E-state index in [2.05, 4.69) is 4.72 Å². The van der Waals surface area contributed by atoms with Gasteiger partial charge in [0.25, 0.3) is 10.0 Å². The largest absolute Gasteiger partial charge is 0.495 e. The smallest absolute Gasteiger partial charge is 0.261 e. The molecule has 1 fully saturated rings. The third-order valence-corrected chi connectivity index (χ3v) is 5.40. The van der Waals surface area contributed by atoms with E-state index >= 15 is 0 Å². The zero-order valence-corrected chi connectivity index (χ0v) is 15.2. The Hall–Kier alpha value is -2.87. The van der Waals surface area contributed by atoms with Crippen LogP contribution in [0.5, 0.6) is 5.75 Å². The fraction of sp³-hybridized carbons (Fsp3) is 0.222. The van der Waals surface area contributed by atoms with Crippen LogP contribution >= 0.6 is 0 Å². The Labute approximate surface area is 151 Å². The number of imide groups is 1. The Balaban J connectivity index is 2.01. The molecular formula is C18H18N2O5S. The van der Waals surface area contributed by atoms with E-state index in [0.29, 0.717) is 5.69 Å². The molecule has 0 unspecified atom stereocenters. The number of sulfonamides is 1. The van der Waals surface area contributed by atoms with Crippen molar-refractivity contribution in [3.8, 4) is 5.75 Å². The van der Waals surface area contributed by atoms with E-state index in [9.17, 15) is 18.0 Å². The van der Waals surface area contributed by atoms with Gasteiger partial charge in [-0.05, 0) is 42.8 Å². The predicted molar refractivity (Wildman–Crippen MR) is 96.7 cm³/mol. The zero-order valence-electron chi connectivity index (χ0n) is 14.4. The van der Waals surface area contributed by atoms with Crippen LogP contribution in [0.2, 0.25) is 0 Å². The molecule has 0 aromatic heterocycles. The summed E-state index contributed by atoms with van der Waals surface area (Å²) in [5, 5.41) is 0. The van der Waals surface area contributed by atoms with Crippen LogP contribution in [0.1, 0.15) is 18.4 Å². The van der Waals surface area contributed by atoms with Gasteiger partial charge in [-0.15, -0.1) is 0 Å². The number of benzene rings is 2. The molecule has 0 saturated carbocycles. The molecule has 0 bridgehead atoms. The summed E-state index contributed by atoms with van der Waals surface area (Å²) in [6, 6.07) is 11.0. The van der Waals surface area contributed by atoms with E-state index in [1.807, 2.05) is 13.0 Å². The van der Waals surface area contributed by atoms with Crippen LogP contribution in [0, 0.1) is 6.92 Å². The second-order valence-corrected chi connectivity index (χ2v) is 7.61. The minimum absolute atomic E-state index is 0.0673. The standard InChI is InChI=1S/C18H18N2O5S/c1-12-4-3-5-13(10-12)19-26(23,24)14-6-7-16(25-2)15(11-14)20-17(21)8-9-18(20)22/h3-7,10-11,19H,8-9H2,1-2H3. The Kier molecular flexibility index (Phi) is 4.69. The summed E-state index contributed by atoms with van der Waals surface area (Å²) >= 11 is 0. The van der Waals surface area contributed by atoms with E-state index in [1.54, 1.807) is 18.2 Å². The summed E-state index contributed by atoms with van der Waals surface area (Å²) < 4.78 is 33.1. The molecular weight excluding hydrogens is 356 g/mol. The van der Waals surface area contributed by atoms with Gasteiger partial charge in [0, 0.05) is 18.5 Å². The van der Waals surface area contributed by atoms with E-state index in [4.69, 9.17) is 4.74 Å². The van der Waals surface area contributed by atoms with Crippen molar-refractivity contribution >= 4 is 33.2 Å². The molecule has 2 aromatic carbocycles. The molecule has 8 heteroatoms. The number of amides is 2. The number of carbonyl (C=O) groups is 2. The molecule has 136 valence electrons. The number of nitrogens with zero attached hydrogens (tertiary/aromatic N) is 1. The first-order chi connectivity index (χ1) is 12.3. The van der Waals surface area contributed by atoms with Gasteiger partial charge in [0.05, 0.1) is 17.7 Å². The number of rotatable bonds is 5. The Bertz CT molecular complexity index is 969. The monoisotopic (exact) mass is 374 g/mol. The average molecular weight is 374 g/mol. The summed E-state index contributed by atoms with van der Waals surface area (Å²) in [4.78, 5) is 25.0. The number of hydrogen-bond donors (Lipinski definition) is 1. The fourth-order valence-electron chi connectivity index (χ4n) is 2.78. The Morgan fingerprint density at radius 1 is 1.04 bits per heavy atom. The maximum Gasteiger partial charge on any atom is 0.261 e. The third kappa shape index (κ3) is 3.41. The molecule has 1 heterocycles. The quantitative estimate of drug-likeness (QED) is 0.812. The summed E-state index contributed by atoms with van der Waals surface area (Å²) in [7, 11) is -2.51. The average Bonchev–Trinajstić information content (AvgIpc) is 2.92. The van der Waals surface area contributed by atoms with Gasteiger partial charge in [0.1, 0.15) is 5.75 Å². The Morgan fingerprint density at radius 3 is 2.35 bits per heavy atom. The first-order valence-corrected chi connectivity index (χ1v) is 9.43. The fourth-order valence-corrected chi connectivity index (χ4v) is 3.85. The molecule has 3 rings (SSSR count). The van der Waals surface area contributed by atoms with Crippen LogP contribution in [0.4, 0.5) is 11.4 Å². The minimum atomic E-state index is -3.90. The summed E-state index contributed by atoms with van der Waals surface area (Å²) in [6.45, 7) is 1.86. The molecule has 1 saturated heterocycles. The van der Waals surface area contributed by atoms with Crippen LogP contribution in [-0.4, -0.2) is 27.3 Å². The molecule has 0 radical (unpaired) electrons. The van der Waals surface area contributed by atoms with Gasteiger partial charge in [0.15, 0.2) is 0 Å². The first kappa shape index (κ1) is 17.9. The molecule has 0 aliphatic carbocycles. The first-order valence-electron chi connectivity index (χ1n) is 7.95. The van der Waals surface area contributed by atoms with Crippen molar-refractivity contribution in [3.63, 3.8) is 0 Å². The number of nitrogens with one attached hydrogen (secondary N) is 1. The number of aryl methyl sites for hydroxylation is 1. The number of methoxy groups -OCH3 is 1. The lowest BCUT2D eigenvalue weighted by atomic mass is 10.2. The minimum Gasteiger partial charge on any atom is -0.495 e. The highest BCUT2D eigenvalue weighted by molar-refractivity contribution is 7.92. The molecule has 1 aliphatic rings. The molecule has 26 heavy (non-hydrogen) atoms. The SMILES string of the molecule is COc1ccc(S(=O)(=O)Nc2cccc(C)c2)cc1N1C(=O)CCC1=O. The molecule has 0 spiro atoms. The van der Waals surface area contributed by atoms with Gasteiger partial charge in [-0.2, -0.15) is 0 Å². The van der Waals surface area contributed by atoms with E-state index in [1.165, 1.54) is 25.3 Å². The van der Waals surface area contributed by atoms with Crippen molar-refractivity contribution in [1.29, 1.82) is 0 Å². The van der Waals surface area contributed by atoms with Crippen LogP contribution in [0.25, 0.3) is 0 Å². The topological polar surface area (TPSA) is 92.8 Å². The maximum absolute atomic E-state index is 12.7. The normalized spacial score (nSPS) is 14.6. The zero-order chi connectivity index (χ0) is 18.9. The molecule has 1 N–H and O–H groups in total. The van der Waals surface area contributed by atoms with Crippen LogP contribution in [-0.2, 0) is 19.6 Å². The summed E-state index contributed by atoms with van der Waals surface area (Å²) in [5.41, 5.74) is 1.47. The maximum atomic E-state index is 12.7. The van der Waals surface area contributed by atoms with Gasteiger partial charge in [-0.1, -0.05) is 12.1 Å². The molecule has 0 atom stereocenters. The highest BCUT2D eigenvalue weighted by Gasteiger charge is 2.33. The number of anilines is 2. The van der Waals surface area contributed by atoms with Crippen LogP contribution < -0.4 is 14.4 Å². The molecule has 1 aliphatic heterocycles. The lowest BCUT2D eigenvalue weighted by Crippen LogP contribution is -2.29. The molecule has 2 aromatic rings. The van der Waals surface area contributed by atoms with Crippen molar-refractivity contribution < 1.29 is 22.7 Å². The number of hydrogen-bond acceptors (Lipinski definition) is 5. The van der Waals surface area contributed by atoms with Crippen molar-refractivity contribution in [2.45, 2.75) is 24.7 Å². The highest BCUT2D eigenvalue weighted by Crippen LogP contribution is 2.34. The third-order valence-electron chi connectivity index (χ3n) is 4.02. The molecule has 7 nitrogen and oxygen atoms in total. The van der Waals surface area contributed by atoms with Gasteiger partial charge < -0.3 is 4.74 Å². The van der Waals surface area contributed by atoms with Gasteiger partial charge in [0.2, 0.25) is 11.8 Å². The highest BCUT2D eigenvalue weighted by atomic mass is 32.2. The van der Waals surface area contributed by atoms with Gasteiger partial charge in [-0.3, -0.25) is 14.3 Å². The van der Waals surface area contributed by atoms with Crippen molar-refractivity contribution in [2.24, 2.45) is 0 Å². The predicted octanol–water partition coefficient (Wildman–Crippen LogP) is 2.46. The lowest BCUT2D eigenvalue weighted by Gasteiger charge is -2.18. The van der Waals surface area contributed by atoms with E-state index < -0.39 is 10.0 Å². The summed E-state index contributed by atoms with van der Waals surface area (Å²) in [6.07, 6.45) is 0.195. The Morgan fingerprint density at radius 2 is 1.73 bits per heavy atom.